The number of hydrogen-bond acceptors (Lipinski definition) is 1. The number of ketones is 1. The summed E-state index contributed by atoms with van der Waals surface area (Å²) in [5.74, 6) is 0.0379. The van der Waals surface area contributed by atoms with Crippen LogP contribution in [0, 0.1) is 0 Å². The Morgan fingerprint density at radius 1 is 0.762 bits per heavy atom. The Kier molecular flexibility index (Phi) is 3.96. The molecule has 0 spiro atoms. The Balaban J connectivity index is 2.03. The zero-order valence-electron chi connectivity index (χ0n) is 11.1. The fraction of sp³-hybridized carbons (Fsp3) is 0.0556. The third-order valence-corrected chi connectivity index (χ3v) is 4.18. The molecule has 21 heavy (non-hydrogen) atoms. The van der Waals surface area contributed by atoms with Crippen molar-refractivity contribution in [2.45, 2.75) is 6.42 Å². The van der Waals surface area contributed by atoms with Crippen LogP contribution in [0.1, 0.15) is 15.9 Å². The van der Waals surface area contributed by atoms with Crippen molar-refractivity contribution in [3.8, 4) is 0 Å². The van der Waals surface area contributed by atoms with Gasteiger partial charge in [0.2, 0.25) is 0 Å². The zero-order valence-corrected chi connectivity index (χ0v) is 12.7. The van der Waals surface area contributed by atoms with Crippen LogP contribution in [-0.4, -0.2) is 5.78 Å². The highest BCUT2D eigenvalue weighted by Crippen LogP contribution is 2.28. The predicted octanol–water partition coefficient (Wildman–Crippen LogP) is 5.57. The highest BCUT2D eigenvalue weighted by Gasteiger charge is 2.13. The molecule has 0 N–H and O–H groups in total. The molecule has 0 saturated heterocycles. The summed E-state index contributed by atoms with van der Waals surface area (Å²) in [6.45, 7) is 0. The van der Waals surface area contributed by atoms with Gasteiger partial charge in [-0.25, -0.2) is 0 Å². The molecule has 0 aliphatic carbocycles. The van der Waals surface area contributed by atoms with Crippen LogP contribution in [0.3, 0.4) is 0 Å². The van der Waals surface area contributed by atoms with Crippen LogP contribution in [0.4, 0.5) is 0 Å². The van der Waals surface area contributed by atoms with Gasteiger partial charge in [0.15, 0.2) is 5.78 Å². The van der Waals surface area contributed by atoms with E-state index in [-0.39, 0.29) is 12.2 Å². The van der Waals surface area contributed by atoms with E-state index in [1.807, 2.05) is 42.5 Å². The lowest BCUT2D eigenvalue weighted by Gasteiger charge is -2.08. The quantitative estimate of drug-likeness (QED) is 0.577. The molecule has 0 atom stereocenters. The monoisotopic (exact) mass is 314 g/mol. The summed E-state index contributed by atoms with van der Waals surface area (Å²) in [6.07, 6.45) is 0.283. The minimum absolute atomic E-state index is 0.0379. The number of halogens is 2. The number of carbonyl (C=O) groups is 1. The summed E-state index contributed by atoms with van der Waals surface area (Å²) in [5, 5.41) is 3.04. The van der Waals surface area contributed by atoms with E-state index in [1.54, 1.807) is 18.2 Å². The molecular weight excluding hydrogens is 303 g/mol. The lowest BCUT2D eigenvalue weighted by Crippen LogP contribution is -2.05. The van der Waals surface area contributed by atoms with Gasteiger partial charge in [-0.15, -0.1) is 0 Å². The molecule has 0 aromatic heterocycles. The summed E-state index contributed by atoms with van der Waals surface area (Å²) >= 11 is 12.3. The zero-order chi connectivity index (χ0) is 14.8. The third-order valence-electron chi connectivity index (χ3n) is 3.48. The van der Waals surface area contributed by atoms with Gasteiger partial charge in [0.1, 0.15) is 0 Å². The van der Waals surface area contributed by atoms with Gasteiger partial charge in [-0.2, -0.15) is 0 Å². The van der Waals surface area contributed by atoms with Gasteiger partial charge in [0, 0.05) is 27.4 Å². The minimum Gasteiger partial charge on any atom is -0.294 e. The van der Waals surface area contributed by atoms with Crippen LogP contribution >= 0.6 is 23.2 Å². The van der Waals surface area contributed by atoms with Gasteiger partial charge in [-0.05, 0) is 29.1 Å². The lowest BCUT2D eigenvalue weighted by molar-refractivity contribution is 0.0994. The highest BCUT2D eigenvalue weighted by molar-refractivity contribution is 6.36. The van der Waals surface area contributed by atoms with E-state index in [1.165, 1.54) is 0 Å². The number of benzene rings is 3. The molecule has 0 bridgehead atoms. The topological polar surface area (TPSA) is 17.1 Å². The molecule has 0 unspecified atom stereocenters. The van der Waals surface area contributed by atoms with Gasteiger partial charge >= 0.3 is 0 Å². The first-order chi connectivity index (χ1) is 10.2. The molecule has 3 aromatic rings. The number of carbonyl (C=O) groups excluding carboxylic acids is 1. The van der Waals surface area contributed by atoms with Gasteiger partial charge in [-0.3, -0.25) is 4.79 Å². The van der Waals surface area contributed by atoms with E-state index >= 15 is 0 Å². The van der Waals surface area contributed by atoms with E-state index < -0.39 is 0 Å². The maximum atomic E-state index is 12.6. The Labute approximate surface area is 133 Å². The molecule has 0 saturated carbocycles. The summed E-state index contributed by atoms with van der Waals surface area (Å²) in [7, 11) is 0. The molecule has 3 rings (SSSR count). The van der Waals surface area contributed by atoms with Crippen molar-refractivity contribution in [1.82, 2.24) is 0 Å². The van der Waals surface area contributed by atoms with Crippen molar-refractivity contribution in [3.05, 3.63) is 81.8 Å². The number of Topliss-reactive ketones (excluding diaryl/α,β-unsaturated/α-hetero) is 1. The average Bonchev–Trinajstić information content (AvgIpc) is 2.50. The van der Waals surface area contributed by atoms with Crippen molar-refractivity contribution in [3.63, 3.8) is 0 Å². The molecule has 0 radical (unpaired) electrons. The maximum Gasteiger partial charge on any atom is 0.167 e. The Bertz CT molecular complexity index is 824. The van der Waals surface area contributed by atoms with Crippen molar-refractivity contribution < 1.29 is 4.79 Å². The van der Waals surface area contributed by atoms with E-state index in [9.17, 15) is 4.79 Å². The van der Waals surface area contributed by atoms with Crippen LogP contribution in [-0.2, 0) is 6.42 Å². The fourth-order valence-electron chi connectivity index (χ4n) is 2.42. The van der Waals surface area contributed by atoms with E-state index in [0.717, 1.165) is 16.3 Å². The second kappa shape index (κ2) is 5.88. The minimum atomic E-state index is 0.0379. The number of hydrogen-bond donors (Lipinski definition) is 0. The first kappa shape index (κ1) is 14.1. The van der Waals surface area contributed by atoms with Crippen molar-refractivity contribution in [2.75, 3.05) is 0 Å². The molecule has 0 aliphatic heterocycles. The Morgan fingerprint density at radius 3 is 2.19 bits per heavy atom. The Hall–Kier alpha value is -1.83. The van der Waals surface area contributed by atoms with Crippen LogP contribution in [0.25, 0.3) is 10.8 Å². The van der Waals surface area contributed by atoms with Crippen molar-refractivity contribution >= 4 is 39.8 Å². The summed E-state index contributed by atoms with van der Waals surface area (Å²) < 4.78 is 0. The molecule has 0 fully saturated rings. The van der Waals surface area contributed by atoms with Crippen LogP contribution in [0.2, 0.25) is 10.0 Å². The van der Waals surface area contributed by atoms with E-state index in [4.69, 9.17) is 23.2 Å². The molecule has 1 nitrogen and oxygen atoms in total. The first-order valence-electron chi connectivity index (χ1n) is 6.60. The molecule has 0 heterocycles. The standard InChI is InChI=1S/C18H12Cl2O/c19-16-8-4-1-5-12(16)11-18(21)15-9-10-17(20)14-7-3-2-6-13(14)15/h1-10H,11H2. The summed E-state index contributed by atoms with van der Waals surface area (Å²) in [5.41, 5.74) is 1.51. The predicted molar refractivity (Wildman–Crippen MR) is 88.4 cm³/mol. The van der Waals surface area contributed by atoms with Gasteiger partial charge in [0.25, 0.3) is 0 Å². The number of rotatable bonds is 3. The summed E-state index contributed by atoms with van der Waals surface area (Å²) in [4.78, 5) is 12.6. The third kappa shape index (κ3) is 2.80. The summed E-state index contributed by atoms with van der Waals surface area (Å²) in [6, 6.07) is 18.6. The number of fused-ring (bicyclic) bond motifs is 1. The molecule has 3 heteroatoms. The first-order valence-corrected chi connectivity index (χ1v) is 7.36. The van der Waals surface area contributed by atoms with E-state index in [0.29, 0.717) is 15.6 Å². The molecule has 0 amide bonds. The van der Waals surface area contributed by atoms with Crippen LogP contribution in [0.15, 0.2) is 60.7 Å². The van der Waals surface area contributed by atoms with Gasteiger partial charge in [-0.1, -0.05) is 65.7 Å². The van der Waals surface area contributed by atoms with Gasteiger partial charge < -0.3 is 0 Å². The maximum absolute atomic E-state index is 12.6. The average molecular weight is 315 g/mol. The smallest absolute Gasteiger partial charge is 0.167 e. The molecule has 3 aromatic carbocycles. The lowest BCUT2D eigenvalue weighted by atomic mass is 9.97. The van der Waals surface area contributed by atoms with Gasteiger partial charge in [0.05, 0.1) is 0 Å². The normalized spacial score (nSPS) is 10.8. The molecular formula is C18H12Cl2O. The Morgan fingerprint density at radius 2 is 1.43 bits per heavy atom. The van der Waals surface area contributed by atoms with Crippen LogP contribution in [0.5, 0.6) is 0 Å². The molecule has 0 aliphatic rings. The SMILES string of the molecule is O=C(Cc1ccccc1Cl)c1ccc(Cl)c2ccccc12. The second-order valence-electron chi connectivity index (χ2n) is 4.83. The van der Waals surface area contributed by atoms with E-state index in [2.05, 4.69) is 0 Å². The van der Waals surface area contributed by atoms with Crippen LogP contribution < -0.4 is 0 Å². The largest absolute Gasteiger partial charge is 0.294 e. The fourth-order valence-corrected chi connectivity index (χ4v) is 2.85. The second-order valence-corrected chi connectivity index (χ2v) is 5.65. The highest BCUT2D eigenvalue weighted by atomic mass is 35.5. The van der Waals surface area contributed by atoms with Crippen molar-refractivity contribution in [1.29, 1.82) is 0 Å². The molecule has 104 valence electrons. The van der Waals surface area contributed by atoms with Crippen molar-refractivity contribution in [2.24, 2.45) is 0 Å².